The lowest BCUT2D eigenvalue weighted by Gasteiger charge is -2.08. The quantitative estimate of drug-likeness (QED) is 0.705. The van der Waals surface area contributed by atoms with Crippen molar-refractivity contribution < 1.29 is 0 Å². The van der Waals surface area contributed by atoms with Crippen molar-refractivity contribution in [3.63, 3.8) is 0 Å². The van der Waals surface area contributed by atoms with Gasteiger partial charge in [0.1, 0.15) is 0 Å². The van der Waals surface area contributed by atoms with Gasteiger partial charge in [-0.05, 0) is 42.3 Å². The molecule has 3 aromatic rings. The van der Waals surface area contributed by atoms with Crippen molar-refractivity contribution in [3.8, 4) is 0 Å². The second-order valence-electron chi connectivity index (χ2n) is 6.05. The molecule has 6 nitrogen and oxygen atoms in total. The van der Waals surface area contributed by atoms with Crippen molar-refractivity contribution in [1.82, 2.24) is 19.7 Å². The van der Waals surface area contributed by atoms with Crippen LogP contribution in [0.1, 0.15) is 19.4 Å². The first kappa shape index (κ1) is 17.6. The molecule has 0 atom stereocenters. The number of nitrogens with one attached hydrogen (secondary N) is 1. The van der Waals surface area contributed by atoms with E-state index >= 15 is 0 Å². The van der Waals surface area contributed by atoms with Gasteiger partial charge in [-0.2, -0.15) is 0 Å². The molecule has 0 amide bonds. The summed E-state index contributed by atoms with van der Waals surface area (Å²) >= 11 is 2.65. The fraction of sp³-hybridized carbons (Fsp3) is 0.294. The molecule has 0 saturated heterocycles. The van der Waals surface area contributed by atoms with Crippen LogP contribution >= 0.6 is 23.1 Å². The van der Waals surface area contributed by atoms with Crippen LogP contribution in [0.3, 0.4) is 0 Å². The van der Waals surface area contributed by atoms with Gasteiger partial charge in [-0.3, -0.25) is 4.79 Å². The lowest BCUT2D eigenvalue weighted by molar-refractivity contribution is 0.502. The molecule has 0 bridgehead atoms. The zero-order valence-electron chi connectivity index (χ0n) is 14.3. The smallest absolute Gasteiger partial charge is 0.283 e. The van der Waals surface area contributed by atoms with Crippen LogP contribution in [-0.2, 0) is 6.54 Å². The minimum atomic E-state index is -0.0930. The second kappa shape index (κ2) is 7.79. The maximum Gasteiger partial charge on any atom is 0.283 e. The van der Waals surface area contributed by atoms with Crippen LogP contribution in [0.2, 0.25) is 0 Å². The van der Waals surface area contributed by atoms with Crippen LogP contribution < -0.4 is 10.9 Å². The van der Waals surface area contributed by atoms with Gasteiger partial charge in [-0.15, -0.1) is 10.2 Å². The van der Waals surface area contributed by atoms with Gasteiger partial charge in [0.05, 0.1) is 0 Å². The third-order valence-electron chi connectivity index (χ3n) is 3.30. The molecular formula is C17H19N5OS2. The minimum Gasteiger partial charge on any atom is -0.330 e. The highest BCUT2D eigenvalue weighted by Crippen LogP contribution is 2.30. The summed E-state index contributed by atoms with van der Waals surface area (Å²) in [7, 11) is 0. The van der Waals surface area contributed by atoms with E-state index < -0.39 is 0 Å². The molecule has 0 unspecified atom stereocenters. The number of hydrogen-bond acceptors (Lipinski definition) is 7. The first-order valence-electron chi connectivity index (χ1n) is 7.92. The maximum absolute atomic E-state index is 12.5. The van der Waals surface area contributed by atoms with Gasteiger partial charge in [-0.1, -0.05) is 37.3 Å². The molecule has 1 N–H and O–H groups in total. The molecular weight excluding hydrogens is 354 g/mol. The van der Waals surface area contributed by atoms with Crippen molar-refractivity contribution in [2.45, 2.75) is 36.7 Å². The molecule has 0 aliphatic rings. The van der Waals surface area contributed by atoms with E-state index in [0.29, 0.717) is 27.0 Å². The summed E-state index contributed by atoms with van der Waals surface area (Å²) in [5.74, 6) is 0.393. The number of hydrogen-bond donors (Lipinski definition) is 1. The lowest BCUT2D eigenvalue weighted by Crippen LogP contribution is -2.23. The van der Waals surface area contributed by atoms with Gasteiger partial charge in [0, 0.05) is 24.6 Å². The van der Waals surface area contributed by atoms with E-state index in [0.717, 1.165) is 5.69 Å². The molecule has 0 aliphatic heterocycles. The van der Waals surface area contributed by atoms with Crippen molar-refractivity contribution in [2.75, 3.05) is 5.32 Å². The standard InChI is InChI=1S/C17H19N5OS2/c1-11(2)10-22-8-7-18-14(15(22)23)24-17-21-20-16(25-17)19-13-6-4-5-12(3)9-13/h4-9,11H,10H2,1-3H3,(H,19,20). The van der Waals surface area contributed by atoms with Gasteiger partial charge in [-0.25, -0.2) is 4.98 Å². The number of aryl methyl sites for hydroxylation is 1. The fourth-order valence-corrected chi connectivity index (χ4v) is 3.97. The fourth-order valence-electron chi connectivity index (χ4n) is 2.26. The van der Waals surface area contributed by atoms with E-state index in [-0.39, 0.29) is 5.56 Å². The SMILES string of the molecule is Cc1cccc(Nc2nnc(Sc3nccn(CC(C)C)c3=O)s2)c1. The molecule has 0 aliphatic carbocycles. The highest BCUT2D eigenvalue weighted by Gasteiger charge is 2.12. The third-order valence-corrected chi connectivity index (χ3v) is 5.17. The van der Waals surface area contributed by atoms with Gasteiger partial charge in [0.25, 0.3) is 5.56 Å². The molecule has 3 rings (SSSR count). The Labute approximate surface area is 154 Å². The Morgan fingerprint density at radius 3 is 2.92 bits per heavy atom. The average molecular weight is 374 g/mol. The highest BCUT2D eigenvalue weighted by atomic mass is 32.2. The van der Waals surface area contributed by atoms with Crippen LogP contribution in [0.15, 0.2) is 50.8 Å². The largest absolute Gasteiger partial charge is 0.330 e. The van der Waals surface area contributed by atoms with E-state index in [9.17, 15) is 4.79 Å². The topological polar surface area (TPSA) is 72.7 Å². The Morgan fingerprint density at radius 2 is 2.16 bits per heavy atom. The summed E-state index contributed by atoms with van der Waals surface area (Å²) in [6, 6.07) is 8.04. The summed E-state index contributed by atoms with van der Waals surface area (Å²) in [6.45, 7) is 6.86. The number of anilines is 2. The van der Waals surface area contributed by atoms with Crippen LogP contribution in [0, 0.1) is 12.8 Å². The lowest BCUT2D eigenvalue weighted by atomic mass is 10.2. The molecule has 25 heavy (non-hydrogen) atoms. The molecule has 130 valence electrons. The summed E-state index contributed by atoms with van der Waals surface area (Å²) in [4.78, 5) is 16.7. The number of aromatic nitrogens is 4. The minimum absolute atomic E-state index is 0.0930. The molecule has 1 aromatic carbocycles. The van der Waals surface area contributed by atoms with Crippen LogP contribution in [0.4, 0.5) is 10.8 Å². The molecule has 0 fully saturated rings. The van der Waals surface area contributed by atoms with Gasteiger partial charge in [0.2, 0.25) is 5.13 Å². The van der Waals surface area contributed by atoms with Gasteiger partial charge in [0.15, 0.2) is 9.37 Å². The van der Waals surface area contributed by atoms with Crippen LogP contribution in [0.25, 0.3) is 0 Å². The normalized spacial score (nSPS) is 11.0. The maximum atomic E-state index is 12.5. The Bertz CT molecular complexity index is 919. The van der Waals surface area contributed by atoms with Crippen molar-refractivity contribution in [2.24, 2.45) is 5.92 Å². The molecule has 0 saturated carbocycles. The van der Waals surface area contributed by atoms with E-state index in [1.807, 2.05) is 31.2 Å². The van der Waals surface area contributed by atoms with Gasteiger partial charge < -0.3 is 9.88 Å². The van der Waals surface area contributed by atoms with Gasteiger partial charge >= 0.3 is 0 Å². The molecule has 2 heterocycles. The van der Waals surface area contributed by atoms with E-state index in [4.69, 9.17) is 0 Å². The first-order valence-corrected chi connectivity index (χ1v) is 9.55. The third kappa shape index (κ3) is 4.67. The Hall–Kier alpha value is -2.19. The average Bonchev–Trinajstić information content (AvgIpc) is 2.98. The molecule has 2 aromatic heterocycles. The number of benzene rings is 1. The summed E-state index contributed by atoms with van der Waals surface area (Å²) in [5, 5.41) is 12.6. The van der Waals surface area contributed by atoms with Crippen molar-refractivity contribution in [3.05, 3.63) is 52.6 Å². The van der Waals surface area contributed by atoms with E-state index in [2.05, 4.69) is 34.3 Å². The number of nitrogens with zero attached hydrogens (tertiary/aromatic N) is 4. The highest BCUT2D eigenvalue weighted by molar-refractivity contribution is 8.01. The summed E-state index contributed by atoms with van der Waals surface area (Å²) < 4.78 is 2.37. The predicted molar refractivity (Wildman–Crippen MR) is 102 cm³/mol. The van der Waals surface area contributed by atoms with Crippen molar-refractivity contribution in [1.29, 1.82) is 0 Å². The monoisotopic (exact) mass is 373 g/mol. The Balaban J connectivity index is 1.74. The zero-order chi connectivity index (χ0) is 17.8. The van der Waals surface area contributed by atoms with Crippen molar-refractivity contribution >= 4 is 33.9 Å². The summed E-state index contributed by atoms with van der Waals surface area (Å²) in [6.07, 6.45) is 3.37. The Morgan fingerprint density at radius 1 is 1.32 bits per heavy atom. The van der Waals surface area contributed by atoms with E-state index in [1.54, 1.807) is 17.0 Å². The molecule has 8 heteroatoms. The van der Waals surface area contributed by atoms with Crippen LogP contribution in [0.5, 0.6) is 0 Å². The molecule has 0 radical (unpaired) electrons. The zero-order valence-corrected chi connectivity index (χ0v) is 15.9. The second-order valence-corrected chi connectivity index (χ2v) is 8.27. The van der Waals surface area contributed by atoms with Crippen LogP contribution in [-0.4, -0.2) is 19.7 Å². The molecule has 0 spiro atoms. The first-order chi connectivity index (χ1) is 12.0. The summed E-state index contributed by atoms with van der Waals surface area (Å²) in [5.41, 5.74) is 2.04. The van der Waals surface area contributed by atoms with E-state index in [1.165, 1.54) is 28.7 Å². The Kier molecular flexibility index (Phi) is 5.50. The number of rotatable bonds is 6. The predicted octanol–water partition coefficient (Wildman–Crippen LogP) is 3.95.